The van der Waals surface area contributed by atoms with Crippen LogP contribution in [0.25, 0.3) is 0 Å². The minimum absolute atomic E-state index is 0.0542. The first-order valence-electron chi connectivity index (χ1n) is 10.1. The number of phosphoric ester groups is 1. The number of nitrogens with one attached hydrogen (secondary N) is 1. The van der Waals surface area contributed by atoms with E-state index < -0.39 is 31.0 Å². The molecule has 172 valence electrons. The normalized spacial score (nSPS) is 18.0. The second-order valence-electron chi connectivity index (χ2n) is 7.12. The molecule has 12 heteroatoms. The zero-order valence-electron chi connectivity index (χ0n) is 17.7. The number of hydrogen-bond acceptors (Lipinski definition) is 9. The minimum atomic E-state index is -4.63. The maximum atomic E-state index is 12.6. The van der Waals surface area contributed by atoms with Gasteiger partial charge in [-0.3, -0.25) is 14.2 Å². The molecule has 0 aliphatic carbocycles. The number of aromatic nitrogens is 1. The molecule has 0 spiro atoms. The Kier molecular flexibility index (Phi) is 8.09. The molecule has 10 nitrogen and oxygen atoms in total. The lowest BCUT2D eigenvalue weighted by molar-refractivity contribution is -0.117. The average Bonchev–Trinajstić information content (AvgIpc) is 3.29. The summed E-state index contributed by atoms with van der Waals surface area (Å²) in [6, 6.07) is 12.6. The van der Waals surface area contributed by atoms with Crippen molar-refractivity contribution in [3.63, 3.8) is 0 Å². The maximum Gasteiger partial charge on any atom is 0.529 e. The molecule has 1 aromatic carbocycles. The molecule has 0 saturated carbocycles. The molecular weight excluding hydrogens is 465 g/mol. The number of carbonyl (C=O) groups excluding carboxylic acids is 1. The Labute approximate surface area is 195 Å². The van der Waals surface area contributed by atoms with Crippen molar-refractivity contribution in [3.8, 4) is 18.0 Å². The van der Waals surface area contributed by atoms with Gasteiger partial charge in [-0.15, -0.1) is 0 Å². The van der Waals surface area contributed by atoms with Crippen LogP contribution < -0.4 is 15.6 Å². The second kappa shape index (κ2) is 10.8. The largest absolute Gasteiger partial charge is 0.529 e. The molecule has 1 amide bonds. The number of nitrogens with two attached hydrogens (primary N) is 1. The van der Waals surface area contributed by atoms with Crippen molar-refractivity contribution >= 4 is 25.5 Å². The number of thioether (sulfide) groups is 1. The van der Waals surface area contributed by atoms with Gasteiger partial charge in [0.2, 0.25) is 11.8 Å². The van der Waals surface area contributed by atoms with Crippen molar-refractivity contribution in [3.05, 3.63) is 52.6 Å². The topological polar surface area (TPSA) is 171 Å². The molecule has 2 aromatic rings. The van der Waals surface area contributed by atoms with Crippen LogP contribution in [0.2, 0.25) is 0 Å². The third-order valence-electron chi connectivity index (χ3n) is 4.90. The van der Waals surface area contributed by atoms with Crippen molar-refractivity contribution in [1.29, 1.82) is 10.5 Å². The van der Waals surface area contributed by atoms with Crippen molar-refractivity contribution in [1.82, 2.24) is 10.3 Å². The van der Waals surface area contributed by atoms with Crippen molar-refractivity contribution in [2.24, 2.45) is 5.73 Å². The summed E-state index contributed by atoms with van der Waals surface area (Å²) in [6.45, 7) is 2.74. The van der Waals surface area contributed by atoms with Gasteiger partial charge in [0.15, 0.2) is 0 Å². The molecule has 3 atom stereocenters. The van der Waals surface area contributed by atoms with Crippen LogP contribution in [0.5, 0.6) is 5.88 Å². The third kappa shape index (κ3) is 5.91. The van der Waals surface area contributed by atoms with Crippen LogP contribution in [0.4, 0.5) is 0 Å². The molecule has 0 radical (unpaired) electrons. The fourth-order valence-corrected chi connectivity index (χ4v) is 5.40. The first kappa shape index (κ1) is 24.7. The number of phosphoric acid groups is 1. The number of carbonyl (C=O) groups is 1. The van der Waals surface area contributed by atoms with E-state index >= 15 is 0 Å². The number of nitriles is 2. The smallest absolute Gasteiger partial charge is 0.384 e. The molecule has 3 unspecified atom stereocenters. The predicted octanol–water partition coefficient (Wildman–Crippen LogP) is 2.56. The van der Waals surface area contributed by atoms with Crippen LogP contribution in [-0.4, -0.2) is 35.0 Å². The zero-order chi connectivity index (χ0) is 24.0. The monoisotopic (exact) mass is 487 g/mol. The molecule has 2 heterocycles. The Morgan fingerprint density at radius 1 is 1.36 bits per heavy atom. The molecule has 1 saturated heterocycles. The van der Waals surface area contributed by atoms with Crippen LogP contribution in [0.3, 0.4) is 0 Å². The van der Waals surface area contributed by atoms with Crippen molar-refractivity contribution in [2.45, 2.75) is 36.1 Å². The van der Waals surface area contributed by atoms with E-state index in [1.54, 1.807) is 37.3 Å². The molecule has 1 aliphatic heterocycles. The minimum Gasteiger partial charge on any atom is -0.384 e. The van der Waals surface area contributed by atoms with E-state index in [0.717, 1.165) is 11.8 Å². The van der Waals surface area contributed by atoms with E-state index in [2.05, 4.69) is 10.3 Å². The Balaban J connectivity index is 2.04. The van der Waals surface area contributed by atoms with Crippen molar-refractivity contribution in [2.75, 3.05) is 13.1 Å². The highest BCUT2D eigenvalue weighted by Crippen LogP contribution is 2.48. The molecule has 1 aromatic heterocycles. The lowest BCUT2D eigenvalue weighted by Crippen LogP contribution is -2.19. The molecule has 33 heavy (non-hydrogen) atoms. The Hall–Kier alpha value is -2.92. The van der Waals surface area contributed by atoms with Gasteiger partial charge in [0, 0.05) is 6.54 Å². The molecule has 1 fully saturated rings. The molecular formula is C21H22N5O5PS. The van der Waals surface area contributed by atoms with Gasteiger partial charge in [-0.25, -0.2) is 9.55 Å². The summed E-state index contributed by atoms with van der Waals surface area (Å²) in [6.07, 6.45) is 0.244. The van der Waals surface area contributed by atoms with Crippen LogP contribution >= 0.6 is 19.6 Å². The van der Waals surface area contributed by atoms with Crippen molar-refractivity contribution < 1.29 is 23.3 Å². The second-order valence-corrected chi connectivity index (χ2v) is 9.54. The molecule has 4 N–H and O–H groups in total. The lowest BCUT2D eigenvalue weighted by Gasteiger charge is -2.20. The fraction of sp³-hybridized carbons (Fsp3) is 0.333. The van der Waals surface area contributed by atoms with Gasteiger partial charge in [-0.1, -0.05) is 49.0 Å². The summed E-state index contributed by atoms with van der Waals surface area (Å²) in [5.74, 6) is -1.10. The summed E-state index contributed by atoms with van der Waals surface area (Å²) in [4.78, 5) is 26.6. The highest BCUT2D eigenvalue weighted by molar-refractivity contribution is 8.00. The van der Waals surface area contributed by atoms with Gasteiger partial charge in [-0.2, -0.15) is 10.5 Å². The van der Waals surface area contributed by atoms with Gasteiger partial charge < -0.3 is 15.6 Å². The molecule has 1 aliphatic rings. The van der Waals surface area contributed by atoms with Gasteiger partial charge in [0.25, 0.3) is 0 Å². The summed E-state index contributed by atoms with van der Waals surface area (Å²) in [7, 11) is -4.63. The SMILES string of the molecule is CCc1c(C#N)c(OP(=O)(O)OC2CCNC2)nc(SC(C(N)=O)c2ccccc2)c1C#N. The van der Waals surface area contributed by atoms with Crippen LogP contribution in [0.1, 0.15) is 40.8 Å². The van der Waals surface area contributed by atoms with Crippen LogP contribution in [0, 0.1) is 22.7 Å². The van der Waals surface area contributed by atoms with Gasteiger partial charge >= 0.3 is 7.82 Å². The number of amides is 1. The lowest BCUT2D eigenvalue weighted by atomic mass is 10.0. The first-order chi connectivity index (χ1) is 15.8. The number of rotatable bonds is 9. The van der Waals surface area contributed by atoms with E-state index in [9.17, 15) is 24.8 Å². The first-order valence-corrected chi connectivity index (χ1v) is 12.5. The van der Waals surface area contributed by atoms with E-state index in [1.165, 1.54) is 0 Å². The Morgan fingerprint density at radius 2 is 2.06 bits per heavy atom. The summed E-state index contributed by atoms with van der Waals surface area (Å²) < 4.78 is 23.0. The number of pyridine rings is 1. The highest BCUT2D eigenvalue weighted by Gasteiger charge is 2.33. The van der Waals surface area contributed by atoms with Crippen LogP contribution in [0.15, 0.2) is 35.4 Å². The summed E-state index contributed by atoms with van der Waals surface area (Å²) in [5.41, 5.74) is 6.41. The number of nitrogens with zero attached hydrogens (tertiary/aromatic N) is 3. The summed E-state index contributed by atoms with van der Waals surface area (Å²) >= 11 is 0.903. The maximum absolute atomic E-state index is 12.6. The van der Waals surface area contributed by atoms with E-state index in [0.29, 0.717) is 25.1 Å². The van der Waals surface area contributed by atoms with Gasteiger partial charge in [-0.05, 0) is 30.5 Å². The van der Waals surface area contributed by atoms with E-state index in [1.807, 2.05) is 12.1 Å². The quantitative estimate of drug-likeness (QED) is 0.352. The Bertz CT molecular complexity index is 1160. The average molecular weight is 487 g/mol. The summed E-state index contributed by atoms with van der Waals surface area (Å²) in [5, 5.41) is 21.6. The van der Waals surface area contributed by atoms with Crippen LogP contribution in [-0.2, 0) is 20.3 Å². The third-order valence-corrected chi connectivity index (χ3v) is 7.13. The predicted molar refractivity (Wildman–Crippen MR) is 120 cm³/mol. The van der Waals surface area contributed by atoms with Gasteiger partial charge in [0.1, 0.15) is 28.0 Å². The number of benzene rings is 1. The molecule has 0 bridgehead atoms. The van der Waals surface area contributed by atoms with E-state index in [4.69, 9.17) is 14.8 Å². The number of hydrogen-bond donors (Lipinski definition) is 3. The fourth-order valence-electron chi connectivity index (χ4n) is 3.39. The standard InChI is InChI=1S/C21H22N5O5PS/c1-2-15-16(10-22)20(31-32(28,29)30-14-8-9-25-12-14)26-21(17(15)11-23)33-18(19(24)27)13-6-4-3-5-7-13/h3-7,14,18,25H,2,8-9,12H2,1H3,(H2,24,27)(H,28,29). The Morgan fingerprint density at radius 3 is 2.61 bits per heavy atom. The molecule has 3 rings (SSSR count). The van der Waals surface area contributed by atoms with Gasteiger partial charge in [0.05, 0.1) is 11.7 Å². The number of primary amides is 1. The van der Waals surface area contributed by atoms with E-state index in [-0.39, 0.29) is 28.1 Å². The highest BCUT2D eigenvalue weighted by atomic mass is 32.2. The zero-order valence-corrected chi connectivity index (χ0v) is 19.4.